The van der Waals surface area contributed by atoms with Gasteiger partial charge in [-0.3, -0.25) is 9.78 Å². The lowest BCUT2D eigenvalue weighted by Gasteiger charge is -2.29. The number of likely N-dealkylation sites (tertiary alicyclic amines) is 1. The second kappa shape index (κ2) is 14.0. The van der Waals surface area contributed by atoms with E-state index in [1.807, 2.05) is 58.7 Å². The average Bonchev–Trinajstić information content (AvgIpc) is 3.00. The summed E-state index contributed by atoms with van der Waals surface area (Å²) in [7, 11) is 0. The van der Waals surface area contributed by atoms with Gasteiger partial charge in [-0.05, 0) is 76.5 Å². The number of phenolic OH excluding ortho intramolecular Hbond substituents is 1. The normalized spacial score (nSPS) is 14.1. The van der Waals surface area contributed by atoms with E-state index in [2.05, 4.69) is 22.0 Å². The highest BCUT2D eigenvalue weighted by Crippen LogP contribution is 2.40. The lowest BCUT2D eigenvalue weighted by atomic mass is 9.88. The van der Waals surface area contributed by atoms with Crippen LogP contribution in [-0.4, -0.2) is 34.0 Å². The van der Waals surface area contributed by atoms with E-state index in [0.29, 0.717) is 5.69 Å². The Bertz CT molecular complexity index is 960. The molecule has 0 bridgehead atoms. The summed E-state index contributed by atoms with van der Waals surface area (Å²) < 4.78 is 0.963. The third-order valence-electron chi connectivity index (χ3n) is 5.52. The fraction of sp³-hybridized carbons (Fsp3) is 0.481. The van der Waals surface area contributed by atoms with Crippen LogP contribution in [0.2, 0.25) is 0 Å². The molecule has 6 heteroatoms. The molecular weight excluding hydrogens is 478 g/mol. The van der Waals surface area contributed by atoms with Crippen LogP contribution in [-0.2, 0) is 17.6 Å². The fourth-order valence-electron chi connectivity index (χ4n) is 4.08. The Labute approximate surface area is 208 Å². The maximum atomic E-state index is 11.7. The monoisotopic (exact) mass is 517 g/mol. The largest absolute Gasteiger partial charge is 0.506 e. The number of aromatic nitrogens is 1. The first-order chi connectivity index (χ1) is 15.9. The minimum absolute atomic E-state index is 0.122. The number of rotatable bonds is 0. The zero-order chi connectivity index (χ0) is 25.1. The number of nitrogen functional groups attached to an aromatic ring is 1. The summed E-state index contributed by atoms with van der Waals surface area (Å²) in [6.07, 6.45) is 5.16. The van der Waals surface area contributed by atoms with Crippen LogP contribution in [0, 0.1) is 0 Å². The van der Waals surface area contributed by atoms with E-state index in [9.17, 15) is 9.90 Å². The van der Waals surface area contributed by atoms with E-state index in [0.717, 1.165) is 65.6 Å². The molecule has 2 heterocycles. The molecule has 1 fully saturated rings. The van der Waals surface area contributed by atoms with E-state index in [1.165, 1.54) is 11.1 Å². The van der Waals surface area contributed by atoms with Crippen LogP contribution in [0.5, 0.6) is 5.75 Å². The van der Waals surface area contributed by atoms with Crippen molar-refractivity contribution in [2.24, 2.45) is 0 Å². The van der Waals surface area contributed by atoms with Crippen molar-refractivity contribution in [3.8, 4) is 5.75 Å². The summed E-state index contributed by atoms with van der Waals surface area (Å²) in [5.41, 5.74) is 13.2. The van der Waals surface area contributed by atoms with Gasteiger partial charge in [-0.2, -0.15) is 0 Å². The number of pyridine rings is 1. The number of nitrogens with two attached hydrogens (primary N) is 1. The van der Waals surface area contributed by atoms with Crippen LogP contribution in [0.25, 0.3) is 5.57 Å². The molecule has 4 rings (SSSR count). The molecule has 182 valence electrons. The Hall–Kier alpha value is -2.34. The second-order valence-corrected chi connectivity index (χ2v) is 8.13. The maximum absolute atomic E-state index is 11.7. The van der Waals surface area contributed by atoms with Crippen molar-refractivity contribution >= 4 is 33.1 Å². The molecule has 1 saturated heterocycles. The molecule has 2 aliphatic rings. The molecular formula is C27H40BrN3O2. The fourth-order valence-corrected chi connectivity index (χ4v) is 4.46. The maximum Gasteiger partial charge on any atom is 0.219 e. The quantitative estimate of drug-likeness (QED) is 0.299. The molecule has 1 aromatic carbocycles. The molecule has 0 radical (unpaired) electrons. The van der Waals surface area contributed by atoms with Crippen molar-refractivity contribution in [1.29, 1.82) is 0 Å². The van der Waals surface area contributed by atoms with E-state index in [4.69, 9.17) is 10.7 Å². The predicted molar refractivity (Wildman–Crippen MR) is 143 cm³/mol. The van der Waals surface area contributed by atoms with Gasteiger partial charge in [0, 0.05) is 36.3 Å². The number of aryl methyl sites for hydroxylation is 2. The van der Waals surface area contributed by atoms with Gasteiger partial charge in [0.25, 0.3) is 0 Å². The Balaban J connectivity index is 0.000000841. The highest BCUT2D eigenvalue weighted by atomic mass is 79.9. The molecule has 1 aliphatic heterocycles. The van der Waals surface area contributed by atoms with Crippen LogP contribution in [0.3, 0.4) is 0 Å². The minimum atomic E-state index is 0.122. The number of amides is 1. The second-order valence-electron chi connectivity index (χ2n) is 7.21. The Kier molecular flexibility index (Phi) is 12.2. The summed E-state index contributed by atoms with van der Waals surface area (Å²) in [6, 6.07) is 5.79. The number of nitrogens with zero attached hydrogens (tertiary/aromatic N) is 2. The minimum Gasteiger partial charge on any atom is -0.506 e. The zero-order valence-electron chi connectivity index (χ0n) is 21.3. The van der Waals surface area contributed by atoms with Gasteiger partial charge in [0.15, 0.2) is 0 Å². The lowest BCUT2D eigenvalue weighted by molar-refractivity contribution is -0.129. The van der Waals surface area contributed by atoms with Crippen molar-refractivity contribution < 1.29 is 9.90 Å². The summed E-state index contributed by atoms with van der Waals surface area (Å²) in [4.78, 5) is 18.3. The molecule has 3 N–H and O–H groups in total. The van der Waals surface area contributed by atoms with Crippen molar-refractivity contribution in [3.05, 3.63) is 56.8 Å². The van der Waals surface area contributed by atoms with Gasteiger partial charge in [0.05, 0.1) is 11.4 Å². The van der Waals surface area contributed by atoms with Crippen molar-refractivity contribution in [1.82, 2.24) is 9.88 Å². The van der Waals surface area contributed by atoms with Crippen LogP contribution < -0.4 is 5.73 Å². The molecule has 33 heavy (non-hydrogen) atoms. The van der Waals surface area contributed by atoms with Crippen LogP contribution in [0.1, 0.15) is 83.7 Å². The van der Waals surface area contributed by atoms with E-state index < -0.39 is 0 Å². The standard InChI is InChI=1S/C21H22BrN3O2.3C2H6/c1-12(26)25-6-4-13(5-7-25)20-17-10-18(23)19(27)9-14(17)2-3-15-8-16(22)11-24-21(15)20;3*1-2/h8-11,27H,2-7,23H2,1H3;3*1-2H3. The third kappa shape index (κ3) is 6.83. The first-order valence-electron chi connectivity index (χ1n) is 12.2. The number of hydrogen-bond donors (Lipinski definition) is 2. The van der Waals surface area contributed by atoms with Gasteiger partial charge >= 0.3 is 0 Å². The highest BCUT2D eigenvalue weighted by molar-refractivity contribution is 9.10. The number of hydrogen-bond acceptors (Lipinski definition) is 4. The molecule has 5 nitrogen and oxygen atoms in total. The van der Waals surface area contributed by atoms with Crippen molar-refractivity contribution in [2.45, 2.75) is 74.1 Å². The summed E-state index contributed by atoms with van der Waals surface area (Å²) >= 11 is 3.53. The SMILES string of the molecule is CC.CC.CC.CC(=O)N1CCC(=C2c3cc(N)c(O)cc3CCc3cc(Br)cnc32)CC1. The third-order valence-corrected chi connectivity index (χ3v) is 5.96. The molecule has 1 aromatic heterocycles. The van der Waals surface area contributed by atoms with Crippen LogP contribution in [0.15, 0.2) is 34.4 Å². The number of fused-ring (bicyclic) bond motifs is 2. The van der Waals surface area contributed by atoms with Gasteiger partial charge in [-0.1, -0.05) is 47.1 Å². The van der Waals surface area contributed by atoms with Crippen molar-refractivity contribution in [2.75, 3.05) is 18.8 Å². The first kappa shape index (κ1) is 28.7. The highest BCUT2D eigenvalue weighted by Gasteiger charge is 2.26. The van der Waals surface area contributed by atoms with E-state index >= 15 is 0 Å². The zero-order valence-corrected chi connectivity index (χ0v) is 22.8. The molecule has 0 spiro atoms. The summed E-state index contributed by atoms with van der Waals surface area (Å²) in [5.74, 6) is 0.251. The molecule has 0 unspecified atom stereocenters. The van der Waals surface area contributed by atoms with E-state index in [-0.39, 0.29) is 11.7 Å². The number of aromatic hydroxyl groups is 1. The average molecular weight is 519 g/mol. The molecule has 1 aliphatic carbocycles. The number of carbonyl (C=O) groups excluding carboxylic acids is 1. The van der Waals surface area contributed by atoms with Gasteiger partial charge in [-0.15, -0.1) is 0 Å². The first-order valence-corrected chi connectivity index (χ1v) is 13.0. The number of anilines is 1. The van der Waals surface area contributed by atoms with E-state index in [1.54, 1.807) is 13.0 Å². The molecule has 0 atom stereocenters. The number of carbonyl (C=O) groups is 1. The van der Waals surface area contributed by atoms with Crippen LogP contribution >= 0.6 is 15.9 Å². The number of phenols is 1. The molecule has 1 amide bonds. The number of piperidine rings is 1. The number of halogens is 1. The molecule has 0 saturated carbocycles. The Morgan fingerprint density at radius 3 is 2.12 bits per heavy atom. The topological polar surface area (TPSA) is 79.5 Å². The van der Waals surface area contributed by atoms with Gasteiger partial charge in [0.1, 0.15) is 5.75 Å². The van der Waals surface area contributed by atoms with Crippen LogP contribution in [0.4, 0.5) is 5.69 Å². The van der Waals surface area contributed by atoms with Gasteiger partial charge in [-0.25, -0.2) is 0 Å². The predicted octanol–water partition coefficient (Wildman–Crippen LogP) is 6.75. The van der Waals surface area contributed by atoms with Gasteiger partial charge in [0.2, 0.25) is 5.91 Å². The lowest BCUT2D eigenvalue weighted by Crippen LogP contribution is -2.34. The number of benzene rings is 1. The summed E-state index contributed by atoms with van der Waals surface area (Å²) in [6.45, 7) is 15.1. The Morgan fingerprint density at radius 2 is 1.55 bits per heavy atom. The van der Waals surface area contributed by atoms with Crippen molar-refractivity contribution in [3.63, 3.8) is 0 Å². The Morgan fingerprint density at radius 1 is 0.970 bits per heavy atom. The smallest absolute Gasteiger partial charge is 0.219 e. The molecule has 2 aromatic rings. The summed E-state index contributed by atoms with van der Waals surface area (Å²) in [5, 5.41) is 10.1. The van der Waals surface area contributed by atoms with Gasteiger partial charge < -0.3 is 15.7 Å².